The number of hydrogen-bond donors (Lipinski definition) is 3. The highest BCUT2D eigenvalue weighted by Gasteiger charge is 2.14. The Morgan fingerprint density at radius 2 is 1.85 bits per heavy atom. The lowest BCUT2D eigenvalue weighted by molar-refractivity contribution is 0.600. The van der Waals surface area contributed by atoms with Crippen molar-refractivity contribution in [1.29, 1.82) is 0 Å². The van der Waals surface area contributed by atoms with Crippen LogP contribution in [0.15, 0.2) is 41.2 Å². The molecule has 3 rings (SSSR count). The molecular formula is C14H11ClFN3O. The van der Waals surface area contributed by atoms with E-state index in [9.17, 15) is 9.18 Å². The number of benzene rings is 2. The third-order valence-corrected chi connectivity index (χ3v) is 3.43. The fourth-order valence-corrected chi connectivity index (χ4v) is 2.34. The Labute approximate surface area is 118 Å². The highest BCUT2D eigenvalue weighted by atomic mass is 35.5. The predicted octanol–water partition coefficient (Wildman–Crippen LogP) is 2.70. The van der Waals surface area contributed by atoms with Crippen LogP contribution in [0.5, 0.6) is 0 Å². The van der Waals surface area contributed by atoms with E-state index in [0.29, 0.717) is 27.2 Å². The van der Waals surface area contributed by atoms with Crippen LogP contribution in [0.25, 0.3) is 11.0 Å². The first-order valence-corrected chi connectivity index (χ1v) is 6.35. The monoisotopic (exact) mass is 291 g/mol. The van der Waals surface area contributed by atoms with Gasteiger partial charge in [0, 0.05) is 10.6 Å². The van der Waals surface area contributed by atoms with Crippen molar-refractivity contribution in [2.75, 3.05) is 0 Å². The molecule has 1 unspecified atom stereocenters. The maximum atomic E-state index is 13.9. The maximum Gasteiger partial charge on any atom is 0.323 e. The molecule has 1 aromatic heterocycles. The molecule has 1 heterocycles. The summed E-state index contributed by atoms with van der Waals surface area (Å²) in [7, 11) is 0. The van der Waals surface area contributed by atoms with Gasteiger partial charge in [-0.05, 0) is 29.8 Å². The van der Waals surface area contributed by atoms with Crippen molar-refractivity contribution >= 4 is 22.6 Å². The van der Waals surface area contributed by atoms with Crippen molar-refractivity contribution in [3.63, 3.8) is 0 Å². The normalized spacial score (nSPS) is 12.8. The molecular weight excluding hydrogens is 281 g/mol. The summed E-state index contributed by atoms with van der Waals surface area (Å²) in [5.74, 6) is -0.451. The number of nitrogens with two attached hydrogens (primary N) is 1. The van der Waals surface area contributed by atoms with Gasteiger partial charge in [0.05, 0.1) is 17.1 Å². The molecule has 3 aromatic rings. The minimum atomic E-state index is -0.630. The largest absolute Gasteiger partial charge is 0.323 e. The van der Waals surface area contributed by atoms with E-state index in [1.807, 2.05) is 0 Å². The molecule has 0 aliphatic carbocycles. The number of rotatable bonds is 2. The lowest BCUT2D eigenvalue weighted by Gasteiger charge is -2.13. The molecule has 1 atom stereocenters. The van der Waals surface area contributed by atoms with E-state index in [0.717, 1.165) is 0 Å². The molecule has 0 saturated carbocycles. The molecule has 0 bridgehead atoms. The summed E-state index contributed by atoms with van der Waals surface area (Å²) in [4.78, 5) is 16.5. The number of nitrogens with one attached hydrogen (secondary N) is 2. The second-order valence-corrected chi connectivity index (χ2v) is 4.96. The minimum Gasteiger partial charge on any atom is -0.320 e. The van der Waals surface area contributed by atoms with Gasteiger partial charge in [0.25, 0.3) is 0 Å². The first-order valence-electron chi connectivity index (χ1n) is 5.97. The van der Waals surface area contributed by atoms with Crippen LogP contribution in [0.1, 0.15) is 17.2 Å². The highest BCUT2D eigenvalue weighted by molar-refractivity contribution is 6.30. The Balaban J connectivity index is 2.06. The molecule has 0 saturated heterocycles. The second kappa shape index (κ2) is 4.77. The molecule has 0 aliphatic rings. The Hall–Kier alpha value is -2.11. The van der Waals surface area contributed by atoms with Crippen molar-refractivity contribution in [2.24, 2.45) is 5.73 Å². The minimum absolute atomic E-state index is 0.289. The Morgan fingerprint density at radius 3 is 2.60 bits per heavy atom. The van der Waals surface area contributed by atoms with Gasteiger partial charge < -0.3 is 15.7 Å². The van der Waals surface area contributed by atoms with Crippen molar-refractivity contribution in [3.05, 3.63) is 68.8 Å². The number of hydrogen-bond acceptors (Lipinski definition) is 2. The molecule has 2 aromatic carbocycles. The fourth-order valence-electron chi connectivity index (χ4n) is 2.18. The molecule has 6 heteroatoms. The molecule has 0 radical (unpaired) electrons. The summed E-state index contributed by atoms with van der Waals surface area (Å²) < 4.78 is 13.9. The Kier molecular flexibility index (Phi) is 3.08. The maximum absolute atomic E-state index is 13.9. The zero-order valence-corrected chi connectivity index (χ0v) is 11.0. The summed E-state index contributed by atoms with van der Waals surface area (Å²) in [6.07, 6.45) is 0. The van der Waals surface area contributed by atoms with Gasteiger partial charge in [-0.25, -0.2) is 9.18 Å². The van der Waals surface area contributed by atoms with Crippen LogP contribution in [0.3, 0.4) is 0 Å². The fraction of sp³-hybridized carbons (Fsp3) is 0.0714. The molecule has 4 N–H and O–H groups in total. The summed E-state index contributed by atoms with van der Waals surface area (Å²) in [6.45, 7) is 0. The van der Waals surface area contributed by atoms with E-state index in [1.54, 1.807) is 30.3 Å². The summed E-state index contributed by atoms with van der Waals surface area (Å²) in [5.41, 5.74) is 8.17. The van der Waals surface area contributed by atoms with Crippen LogP contribution in [-0.4, -0.2) is 9.97 Å². The Bertz CT molecular complexity index is 840. The van der Waals surface area contributed by atoms with Crippen LogP contribution in [0, 0.1) is 5.82 Å². The topological polar surface area (TPSA) is 74.7 Å². The summed E-state index contributed by atoms with van der Waals surface area (Å²) >= 11 is 5.72. The molecule has 0 amide bonds. The van der Waals surface area contributed by atoms with Gasteiger partial charge in [-0.15, -0.1) is 0 Å². The standard InChI is InChI=1S/C14H11ClFN3O/c15-8-2-3-9(10(16)6-8)13(17)7-1-4-11-12(5-7)19-14(20)18-11/h1-6,13H,17H2,(H2,18,19,20). The molecule has 0 aliphatic heterocycles. The second-order valence-electron chi connectivity index (χ2n) is 4.53. The number of H-pyrrole nitrogens is 2. The number of fused-ring (bicyclic) bond motifs is 1. The smallest absolute Gasteiger partial charge is 0.320 e. The van der Waals surface area contributed by atoms with Crippen molar-refractivity contribution in [2.45, 2.75) is 6.04 Å². The van der Waals surface area contributed by atoms with Crippen molar-refractivity contribution in [3.8, 4) is 0 Å². The van der Waals surface area contributed by atoms with Crippen molar-refractivity contribution < 1.29 is 4.39 Å². The molecule has 0 fully saturated rings. The lowest BCUT2D eigenvalue weighted by Crippen LogP contribution is -2.13. The van der Waals surface area contributed by atoms with Crippen LogP contribution < -0.4 is 11.4 Å². The van der Waals surface area contributed by atoms with Crippen LogP contribution in [0.4, 0.5) is 4.39 Å². The van der Waals surface area contributed by atoms with Crippen LogP contribution in [0.2, 0.25) is 5.02 Å². The van der Waals surface area contributed by atoms with E-state index in [4.69, 9.17) is 17.3 Å². The summed E-state index contributed by atoms with van der Waals surface area (Å²) in [5, 5.41) is 0.323. The van der Waals surface area contributed by atoms with Gasteiger partial charge in [-0.3, -0.25) is 0 Å². The predicted molar refractivity (Wildman–Crippen MR) is 76.4 cm³/mol. The number of halogens is 2. The first-order chi connectivity index (χ1) is 9.54. The van der Waals surface area contributed by atoms with Gasteiger partial charge in [-0.1, -0.05) is 23.7 Å². The lowest BCUT2D eigenvalue weighted by atomic mass is 9.99. The highest BCUT2D eigenvalue weighted by Crippen LogP contribution is 2.25. The van der Waals surface area contributed by atoms with Gasteiger partial charge in [0.15, 0.2) is 0 Å². The number of imidazole rings is 1. The van der Waals surface area contributed by atoms with Gasteiger partial charge >= 0.3 is 5.69 Å². The Morgan fingerprint density at radius 1 is 1.10 bits per heavy atom. The van der Waals surface area contributed by atoms with E-state index >= 15 is 0 Å². The third-order valence-electron chi connectivity index (χ3n) is 3.20. The average Bonchev–Trinajstić information content (AvgIpc) is 2.77. The zero-order chi connectivity index (χ0) is 14.3. The first kappa shape index (κ1) is 12.9. The SMILES string of the molecule is NC(c1ccc2[nH]c(=O)[nH]c2c1)c1ccc(Cl)cc1F. The van der Waals surface area contributed by atoms with Gasteiger partial charge in [-0.2, -0.15) is 0 Å². The molecule has 0 spiro atoms. The van der Waals surface area contributed by atoms with Crippen molar-refractivity contribution in [1.82, 2.24) is 9.97 Å². The van der Waals surface area contributed by atoms with E-state index in [2.05, 4.69) is 9.97 Å². The van der Waals surface area contributed by atoms with E-state index in [1.165, 1.54) is 6.07 Å². The van der Waals surface area contributed by atoms with Gasteiger partial charge in [0.2, 0.25) is 0 Å². The van der Waals surface area contributed by atoms with Gasteiger partial charge in [0.1, 0.15) is 5.82 Å². The molecule has 102 valence electrons. The number of aromatic nitrogens is 2. The molecule has 20 heavy (non-hydrogen) atoms. The van der Waals surface area contributed by atoms with Crippen LogP contribution >= 0.6 is 11.6 Å². The molecule has 4 nitrogen and oxygen atoms in total. The van der Waals surface area contributed by atoms with E-state index in [-0.39, 0.29) is 5.69 Å². The summed E-state index contributed by atoms with van der Waals surface area (Å²) in [6, 6.07) is 8.97. The van der Waals surface area contributed by atoms with E-state index < -0.39 is 11.9 Å². The van der Waals surface area contributed by atoms with Crippen LogP contribution in [-0.2, 0) is 0 Å². The third kappa shape index (κ3) is 2.21. The average molecular weight is 292 g/mol. The quantitative estimate of drug-likeness (QED) is 0.679. The number of aromatic amines is 2. The zero-order valence-electron chi connectivity index (χ0n) is 10.3.